The van der Waals surface area contributed by atoms with Gasteiger partial charge in [0.05, 0.1) is 6.04 Å². The van der Waals surface area contributed by atoms with Gasteiger partial charge in [-0.3, -0.25) is 9.69 Å². The summed E-state index contributed by atoms with van der Waals surface area (Å²) in [6, 6.07) is 39.0. The van der Waals surface area contributed by atoms with E-state index in [1.54, 1.807) is 0 Å². The van der Waals surface area contributed by atoms with Crippen LogP contribution in [0, 0.1) is 16.7 Å². The van der Waals surface area contributed by atoms with E-state index in [2.05, 4.69) is 16.3 Å². The Labute approximate surface area is 300 Å². The lowest BCUT2D eigenvalue weighted by atomic mass is 9.78. The molecule has 0 spiro atoms. The lowest BCUT2D eigenvalue weighted by Gasteiger charge is -2.43. The minimum atomic E-state index is -3.11. The fourth-order valence-electron chi connectivity index (χ4n) is 6.71. The summed E-state index contributed by atoms with van der Waals surface area (Å²) in [5.74, 6) is 0.130. The van der Waals surface area contributed by atoms with Gasteiger partial charge in [-0.25, -0.2) is 4.79 Å². The van der Waals surface area contributed by atoms with Gasteiger partial charge in [0.1, 0.15) is 11.4 Å². The number of benzene rings is 4. The highest BCUT2D eigenvalue weighted by Gasteiger charge is 2.45. The maximum absolute atomic E-state index is 15.5. The van der Waals surface area contributed by atoms with Crippen molar-refractivity contribution in [3.63, 3.8) is 0 Å². The summed E-state index contributed by atoms with van der Waals surface area (Å²) in [6.45, 7) is 4.89. The highest BCUT2D eigenvalue weighted by atomic mass is 31.2. The number of Topliss-reactive ketones (excluding diaryl/α,β-unsaturated/α-hetero) is 1. The maximum atomic E-state index is 15.5. The molecular formula is C42H45N4O4P. The lowest BCUT2D eigenvalue weighted by Crippen LogP contribution is -2.57. The molecule has 8 nitrogen and oxygen atoms in total. The minimum absolute atomic E-state index is 0.0654. The van der Waals surface area contributed by atoms with E-state index in [9.17, 15) is 15.2 Å². The molecule has 0 aliphatic carbocycles. The van der Waals surface area contributed by atoms with Gasteiger partial charge < -0.3 is 9.52 Å². The SMILES string of the molecule is CCCC[C@@H](C(=O)C(C#N)=P(c1ccccc1)(c1ccccc1)c1ccccc1)N(C(=O)O)[C@H](Cc1nnc(-c2ccccc2)o1)C(C)(C)CC. The van der Waals surface area contributed by atoms with E-state index >= 15 is 4.79 Å². The van der Waals surface area contributed by atoms with Crippen molar-refractivity contribution in [3.05, 3.63) is 127 Å². The molecule has 262 valence electrons. The molecular weight excluding hydrogens is 655 g/mol. The van der Waals surface area contributed by atoms with Crippen LogP contribution in [0.5, 0.6) is 0 Å². The quantitative estimate of drug-likeness (QED) is 0.110. The average Bonchev–Trinajstić information content (AvgIpc) is 3.64. The van der Waals surface area contributed by atoms with Gasteiger partial charge in [0.2, 0.25) is 11.8 Å². The van der Waals surface area contributed by atoms with E-state index in [1.807, 2.05) is 149 Å². The predicted molar refractivity (Wildman–Crippen MR) is 205 cm³/mol. The van der Waals surface area contributed by atoms with Gasteiger partial charge in [-0.05, 0) is 53.2 Å². The Kier molecular flexibility index (Phi) is 12.1. The Balaban J connectivity index is 1.76. The van der Waals surface area contributed by atoms with Crippen molar-refractivity contribution >= 4 is 40.0 Å². The van der Waals surface area contributed by atoms with Crippen LogP contribution < -0.4 is 15.9 Å². The third-order valence-corrected chi connectivity index (χ3v) is 14.0. The monoisotopic (exact) mass is 700 g/mol. The maximum Gasteiger partial charge on any atom is 0.408 e. The summed E-state index contributed by atoms with van der Waals surface area (Å²) in [6.07, 6.45) is 1.05. The van der Waals surface area contributed by atoms with Crippen LogP contribution in [0.2, 0.25) is 0 Å². The van der Waals surface area contributed by atoms with E-state index in [1.165, 1.54) is 4.90 Å². The lowest BCUT2D eigenvalue weighted by molar-refractivity contribution is -0.119. The van der Waals surface area contributed by atoms with Crippen molar-refractivity contribution in [2.45, 2.75) is 71.9 Å². The Bertz CT molecular complexity index is 1900. The highest BCUT2D eigenvalue weighted by molar-refractivity contribution is 7.97. The van der Waals surface area contributed by atoms with Gasteiger partial charge in [-0.1, -0.05) is 150 Å². The fraction of sp³-hybridized carbons (Fsp3) is 0.286. The normalized spacial score (nSPS) is 12.8. The number of nitriles is 1. The fourth-order valence-corrected chi connectivity index (χ4v) is 10.9. The van der Waals surface area contributed by atoms with Crippen molar-refractivity contribution in [3.8, 4) is 17.5 Å². The van der Waals surface area contributed by atoms with Gasteiger partial charge in [0, 0.05) is 18.0 Å². The van der Waals surface area contributed by atoms with E-state index in [0.717, 1.165) is 27.9 Å². The van der Waals surface area contributed by atoms with Crippen LogP contribution in [-0.2, 0) is 11.2 Å². The number of hydrogen-bond donors (Lipinski definition) is 1. The molecule has 0 fully saturated rings. The smallest absolute Gasteiger partial charge is 0.408 e. The molecule has 0 saturated carbocycles. The summed E-state index contributed by atoms with van der Waals surface area (Å²) in [4.78, 5) is 30.4. The van der Waals surface area contributed by atoms with Gasteiger partial charge >= 0.3 is 6.09 Å². The molecule has 1 amide bonds. The van der Waals surface area contributed by atoms with Crippen LogP contribution in [0.4, 0.5) is 4.79 Å². The molecule has 0 aliphatic rings. The number of amides is 1. The molecule has 2 atom stereocenters. The largest absolute Gasteiger partial charge is 0.465 e. The van der Waals surface area contributed by atoms with E-state index in [0.29, 0.717) is 18.7 Å². The van der Waals surface area contributed by atoms with Crippen molar-refractivity contribution < 1.29 is 19.1 Å². The number of carboxylic acid groups (broad SMARTS) is 1. The molecule has 4 aromatic carbocycles. The number of unbranched alkanes of at least 4 members (excludes halogenated alkanes) is 1. The summed E-state index contributed by atoms with van der Waals surface area (Å²) >= 11 is 0. The minimum Gasteiger partial charge on any atom is -0.465 e. The van der Waals surface area contributed by atoms with E-state index in [-0.39, 0.29) is 24.0 Å². The number of hydrogen-bond acceptors (Lipinski definition) is 6. The second-order valence-electron chi connectivity index (χ2n) is 13.3. The Morgan fingerprint density at radius 3 is 1.75 bits per heavy atom. The number of carbonyl (C=O) groups is 2. The molecule has 9 heteroatoms. The summed E-state index contributed by atoms with van der Waals surface area (Å²) in [7, 11) is 0. The second-order valence-corrected chi connectivity index (χ2v) is 16.6. The summed E-state index contributed by atoms with van der Waals surface area (Å²) in [5.41, 5.74) is 0.145. The second kappa shape index (κ2) is 16.6. The zero-order chi connectivity index (χ0) is 36.4. The van der Waals surface area contributed by atoms with Crippen LogP contribution in [-0.4, -0.2) is 49.5 Å². The van der Waals surface area contributed by atoms with Crippen molar-refractivity contribution in [1.82, 2.24) is 15.1 Å². The van der Waals surface area contributed by atoms with Gasteiger partial charge in [-0.15, -0.1) is 10.2 Å². The molecule has 1 N–H and O–H groups in total. The third-order valence-electron chi connectivity index (χ3n) is 9.80. The van der Waals surface area contributed by atoms with Crippen molar-refractivity contribution in [2.75, 3.05) is 0 Å². The molecule has 51 heavy (non-hydrogen) atoms. The standard InChI is InChI=1S/C42H45N4O4P/c1-5-7-28-35(46(41(48)49)37(42(3,4)6-2)29-38-44-45-40(50-38)31-20-12-8-13-21-31)39(47)36(30-43)51(32-22-14-9-15-23-32,33-24-16-10-17-25-33)34-26-18-11-19-27-34/h8-27,35,37H,5-7,28-29H2,1-4H3,(H,48,49)/t35-,37+/m0/s1. The van der Waals surface area contributed by atoms with Crippen LogP contribution in [0.15, 0.2) is 126 Å². The molecule has 0 radical (unpaired) electrons. The first-order valence-electron chi connectivity index (χ1n) is 17.5. The third kappa shape index (κ3) is 7.75. The van der Waals surface area contributed by atoms with Gasteiger partial charge in [0.15, 0.2) is 5.78 Å². The predicted octanol–water partition coefficient (Wildman–Crippen LogP) is 7.88. The molecule has 0 saturated heterocycles. The van der Waals surface area contributed by atoms with Crippen LogP contribution in [0.1, 0.15) is 59.3 Å². The number of ketones is 1. The highest BCUT2D eigenvalue weighted by Crippen LogP contribution is 2.47. The number of rotatable bonds is 15. The number of nitrogens with zero attached hydrogens (tertiary/aromatic N) is 4. The molecule has 1 aromatic heterocycles. The zero-order valence-electron chi connectivity index (χ0n) is 29.6. The first kappa shape index (κ1) is 37.0. The molecule has 0 unspecified atom stereocenters. The first-order chi connectivity index (χ1) is 24.7. The van der Waals surface area contributed by atoms with Gasteiger partial charge in [-0.2, -0.15) is 5.26 Å². The number of carbonyl (C=O) groups excluding carboxylic acids is 1. The molecule has 0 bridgehead atoms. The Morgan fingerprint density at radius 1 is 0.824 bits per heavy atom. The van der Waals surface area contributed by atoms with Crippen LogP contribution in [0.3, 0.4) is 0 Å². The first-order valence-corrected chi connectivity index (χ1v) is 19.2. The number of aromatic nitrogens is 2. The van der Waals surface area contributed by atoms with Gasteiger partial charge in [0.25, 0.3) is 0 Å². The zero-order valence-corrected chi connectivity index (χ0v) is 30.5. The topological polar surface area (TPSA) is 120 Å². The van der Waals surface area contributed by atoms with E-state index < -0.39 is 36.3 Å². The molecule has 0 aliphatic heterocycles. The Morgan fingerprint density at radius 2 is 1.31 bits per heavy atom. The van der Waals surface area contributed by atoms with Crippen LogP contribution in [0.25, 0.3) is 11.5 Å². The Hall–Kier alpha value is -5.25. The molecule has 1 heterocycles. The summed E-state index contributed by atoms with van der Waals surface area (Å²) in [5, 5.41) is 33.5. The van der Waals surface area contributed by atoms with Crippen LogP contribution >= 0.6 is 6.89 Å². The average molecular weight is 701 g/mol. The van der Waals surface area contributed by atoms with Crippen molar-refractivity contribution in [1.29, 1.82) is 5.26 Å². The summed E-state index contributed by atoms with van der Waals surface area (Å²) < 4.78 is 6.11. The molecule has 5 aromatic rings. The molecule has 5 rings (SSSR count). The van der Waals surface area contributed by atoms with Crippen molar-refractivity contribution in [2.24, 2.45) is 5.41 Å². The van der Waals surface area contributed by atoms with E-state index in [4.69, 9.17) is 4.42 Å².